The van der Waals surface area contributed by atoms with Crippen LogP contribution in [0.3, 0.4) is 0 Å². The lowest BCUT2D eigenvalue weighted by molar-refractivity contribution is -0.137. The van der Waals surface area contributed by atoms with Crippen LogP contribution >= 0.6 is 0 Å². The van der Waals surface area contributed by atoms with Crippen molar-refractivity contribution < 1.29 is 18.0 Å². The predicted molar refractivity (Wildman–Crippen MR) is 132 cm³/mol. The van der Waals surface area contributed by atoms with Crippen molar-refractivity contribution in [1.29, 1.82) is 0 Å². The second kappa shape index (κ2) is 9.14. The molecule has 0 spiro atoms. The van der Waals surface area contributed by atoms with E-state index in [0.29, 0.717) is 16.9 Å². The monoisotopic (exact) mass is 491 g/mol. The van der Waals surface area contributed by atoms with Gasteiger partial charge in [-0.25, -0.2) is 0 Å². The summed E-state index contributed by atoms with van der Waals surface area (Å²) in [4.78, 5) is 17.3. The van der Waals surface area contributed by atoms with E-state index in [0.717, 1.165) is 47.0 Å². The third-order valence-electron chi connectivity index (χ3n) is 6.20. The number of carbonyl (C=O) groups excluding carboxylic acids is 1. The van der Waals surface area contributed by atoms with Crippen molar-refractivity contribution >= 4 is 27.8 Å². The molecule has 5 rings (SSSR count). The van der Waals surface area contributed by atoms with Crippen LogP contribution in [0.5, 0.6) is 0 Å². The maximum Gasteiger partial charge on any atom is 0.416 e. The van der Waals surface area contributed by atoms with E-state index in [-0.39, 0.29) is 11.9 Å². The van der Waals surface area contributed by atoms with Crippen LogP contribution in [0.2, 0.25) is 0 Å². The molecular weight excluding hydrogens is 467 g/mol. The second-order valence-corrected chi connectivity index (χ2v) is 8.89. The maximum absolute atomic E-state index is 13.1. The summed E-state index contributed by atoms with van der Waals surface area (Å²) in [6.07, 6.45) is 0.698. The lowest BCUT2D eigenvalue weighted by Gasteiger charge is -2.14. The van der Waals surface area contributed by atoms with E-state index in [1.165, 1.54) is 12.1 Å². The molecule has 0 bridgehead atoms. The zero-order chi connectivity index (χ0) is 25.4. The molecule has 1 N–H and O–H groups in total. The van der Waals surface area contributed by atoms with Crippen LogP contribution in [-0.2, 0) is 19.6 Å². The van der Waals surface area contributed by atoms with Crippen molar-refractivity contribution in [1.82, 2.24) is 24.6 Å². The largest absolute Gasteiger partial charge is 0.416 e. The Kier molecular flexibility index (Phi) is 5.99. The topological polar surface area (TPSA) is 64.7 Å². The number of nitrogens with zero attached hydrogens (tertiary/aromatic N) is 4. The summed E-state index contributed by atoms with van der Waals surface area (Å²) in [6.45, 7) is 1.96. The number of rotatable bonds is 6. The van der Waals surface area contributed by atoms with Gasteiger partial charge in [-0.05, 0) is 74.4 Å². The van der Waals surface area contributed by atoms with Crippen LogP contribution in [0.4, 0.5) is 13.2 Å². The normalized spacial score (nSPS) is 12.8. The molecule has 1 atom stereocenters. The molecule has 5 aromatic rings. The average Bonchev–Trinajstić information content (AvgIpc) is 3.37. The summed E-state index contributed by atoms with van der Waals surface area (Å²) in [5.74, 6) is -0.190. The van der Waals surface area contributed by atoms with Gasteiger partial charge in [0, 0.05) is 53.2 Å². The quantitative estimate of drug-likeness (QED) is 0.332. The number of amides is 1. The number of fused-ring (bicyclic) bond motifs is 3. The van der Waals surface area contributed by atoms with Crippen LogP contribution in [0.1, 0.15) is 35.0 Å². The van der Waals surface area contributed by atoms with Crippen LogP contribution in [0.15, 0.2) is 73.1 Å². The Morgan fingerprint density at radius 1 is 1.06 bits per heavy atom. The van der Waals surface area contributed by atoms with E-state index >= 15 is 0 Å². The molecular formula is C27H24F3N5O. The molecule has 0 fully saturated rings. The number of aromatic nitrogens is 4. The number of alkyl halides is 3. The molecule has 36 heavy (non-hydrogen) atoms. The van der Waals surface area contributed by atoms with Gasteiger partial charge in [0.25, 0.3) is 5.91 Å². The Morgan fingerprint density at radius 3 is 2.53 bits per heavy atom. The molecule has 0 radical (unpaired) electrons. The van der Waals surface area contributed by atoms with Gasteiger partial charge in [-0.15, -0.1) is 0 Å². The molecule has 0 aliphatic carbocycles. The molecule has 0 aliphatic heterocycles. The number of pyridine rings is 1. The molecule has 1 amide bonds. The third kappa shape index (κ3) is 4.56. The van der Waals surface area contributed by atoms with E-state index in [1.54, 1.807) is 30.1 Å². The molecule has 1 unspecified atom stereocenters. The second-order valence-electron chi connectivity index (χ2n) is 8.89. The highest BCUT2D eigenvalue weighted by atomic mass is 19.4. The van der Waals surface area contributed by atoms with Crippen molar-refractivity contribution in [3.63, 3.8) is 0 Å². The summed E-state index contributed by atoms with van der Waals surface area (Å²) < 4.78 is 42.6. The Bertz CT molecular complexity index is 1540. The average molecular weight is 492 g/mol. The van der Waals surface area contributed by atoms with Crippen molar-refractivity contribution in [2.45, 2.75) is 32.0 Å². The maximum atomic E-state index is 13.1. The minimum absolute atomic E-state index is 0.0506. The molecule has 0 saturated heterocycles. The van der Waals surface area contributed by atoms with Crippen LogP contribution in [0, 0.1) is 0 Å². The van der Waals surface area contributed by atoms with Crippen LogP contribution in [-0.4, -0.2) is 31.3 Å². The number of hydrogen-bond acceptors (Lipinski definition) is 3. The SMILES string of the molecule is CC(CCc1ccccn1)NC(=O)c1ccc2c(c1)c1cn(C)nc1n2-c1ccc(C(F)(F)F)cc1. The van der Waals surface area contributed by atoms with Gasteiger partial charge in [-0.1, -0.05) is 6.07 Å². The summed E-state index contributed by atoms with van der Waals surface area (Å²) >= 11 is 0. The fourth-order valence-corrected chi connectivity index (χ4v) is 4.38. The van der Waals surface area contributed by atoms with Crippen molar-refractivity contribution in [3.8, 4) is 5.69 Å². The van der Waals surface area contributed by atoms with Gasteiger partial charge in [-0.2, -0.15) is 18.3 Å². The number of halogens is 3. The Hall–Kier alpha value is -4.14. The van der Waals surface area contributed by atoms with Gasteiger partial charge in [0.2, 0.25) is 0 Å². The molecule has 0 saturated carbocycles. The number of benzene rings is 2. The first kappa shape index (κ1) is 23.6. The van der Waals surface area contributed by atoms with Gasteiger partial charge in [0.05, 0.1) is 11.1 Å². The highest BCUT2D eigenvalue weighted by molar-refractivity contribution is 6.10. The van der Waals surface area contributed by atoms with Gasteiger partial charge in [-0.3, -0.25) is 19.0 Å². The minimum atomic E-state index is -4.41. The van der Waals surface area contributed by atoms with E-state index in [1.807, 2.05) is 42.0 Å². The zero-order valence-corrected chi connectivity index (χ0v) is 19.8. The molecule has 6 nitrogen and oxygen atoms in total. The van der Waals surface area contributed by atoms with E-state index in [9.17, 15) is 18.0 Å². The van der Waals surface area contributed by atoms with Gasteiger partial charge in [0.15, 0.2) is 5.65 Å². The first-order valence-corrected chi connectivity index (χ1v) is 11.6. The molecule has 3 aromatic heterocycles. The lowest BCUT2D eigenvalue weighted by Crippen LogP contribution is -2.32. The van der Waals surface area contributed by atoms with Crippen molar-refractivity contribution in [2.75, 3.05) is 0 Å². The lowest BCUT2D eigenvalue weighted by atomic mass is 10.1. The number of carbonyl (C=O) groups is 1. The van der Waals surface area contributed by atoms with E-state index in [4.69, 9.17) is 0 Å². The number of hydrogen-bond donors (Lipinski definition) is 1. The third-order valence-corrected chi connectivity index (χ3v) is 6.20. The van der Waals surface area contributed by atoms with Gasteiger partial charge >= 0.3 is 6.18 Å². The molecule has 0 aliphatic rings. The summed E-state index contributed by atoms with van der Waals surface area (Å²) in [5, 5.41) is 9.18. The Morgan fingerprint density at radius 2 is 1.83 bits per heavy atom. The Balaban J connectivity index is 1.44. The van der Waals surface area contributed by atoms with Crippen LogP contribution in [0.25, 0.3) is 27.6 Å². The predicted octanol–water partition coefficient (Wildman–Crippen LogP) is 5.68. The standard InChI is InChI=1S/C27H24F3N5O/c1-17(6-10-20-5-3-4-14-31-20)32-26(36)18-7-13-24-22(15-18)23-16-34(2)33-25(23)35(24)21-11-8-19(9-12-21)27(28,29)30/h3-5,7-9,11-17H,6,10H2,1-2H3,(H,32,36). The highest BCUT2D eigenvalue weighted by Crippen LogP contribution is 2.34. The molecule has 3 heterocycles. The Labute approximate surface area is 205 Å². The first-order chi connectivity index (χ1) is 17.2. The number of nitrogens with one attached hydrogen (secondary N) is 1. The molecule has 184 valence electrons. The minimum Gasteiger partial charge on any atom is -0.350 e. The summed E-state index contributed by atoms with van der Waals surface area (Å²) in [6, 6.07) is 16.0. The fraction of sp³-hybridized carbons (Fsp3) is 0.222. The van der Waals surface area contributed by atoms with E-state index < -0.39 is 11.7 Å². The van der Waals surface area contributed by atoms with Crippen molar-refractivity contribution in [2.24, 2.45) is 7.05 Å². The highest BCUT2D eigenvalue weighted by Gasteiger charge is 2.30. The van der Waals surface area contributed by atoms with Gasteiger partial charge < -0.3 is 5.32 Å². The van der Waals surface area contributed by atoms with E-state index in [2.05, 4.69) is 15.4 Å². The zero-order valence-electron chi connectivity index (χ0n) is 19.8. The molecule has 2 aromatic carbocycles. The number of aryl methyl sites for hydroxylation is 2. The summed E-state index contributed by atoms with van der Waals surface area (Å²) in [5.41, 5.74) is 2.69. The van der Waals surface area contributed by atoms with Crippen LogP contribution < -0.4 is 5.32 Å². The fourth-order valence-electron chi connectivity index (χ4n) is 4.38. The molecule has 9 heteroatoms. The first-order valence-electron chi connectivity index (χ1n) is 11.6. The smallest absolute Gasteiger partial charge is 0.350 e. The summed E-state index contributed by atoms with van der Waals surface area (Å²) in [7, 11) is 1.78. The van der Waals surface area contributed by atoms with Gasteiger partial charge in [0.1, 0.15) is 0 Å². The van der Waals surface area contributed by atoms with Crippen molar-refractivity contribution in [3.05, 3.63) is 89.9 Å².